The Morgan fingerprint density at radius 1 is 1.00 bits per heavy atom. The Hall–Kier alpha value is -3.68. The van der Waals surface area contributed by atoms with Crippen LogP contribution in [0.2, 0.25) is 0 Å². The highest BCUT2D eigenvalue weighted by Gasteiger charge is 2.21. The normalized spacial score (nSPS) is 18.6. The Morgan fingerprint density at radius 3 is 2.56 bits per heavy atom. The van der Waals surface area contributed by atoms with Gasteiger partial charge in [-0.1, -0.05) is 54.6 Å². The molecule has 0 radical (unpaired) electrons. The number of hydrazone groups is 1. The Balaban J connectivity index is 1.48. The van der Waals surface area contributed by atoms with Gasteiger partial charge in [0.1, 0.15) is 5.69 Å². The van der Waals surface area contributed by atoms with E-state index in [4.69, 9.17) is 17.3 Å². The highest BCUT2D eigenvalue weighted by atomic mass is 16.1. The van der Waals surface area contributed by atoms with Crippen LogP contribution in [0.15, 0.2) is 71.8 Å². The summed E-state index contributed by atoms with van der Waals surface area (Å²) in [5, 5.41) is 9.32. The molecular formula is C27H30N6O. The van der Waals surface area contributed by atoms with Crippen LogP contribution in [0.5, 0.6) is 0 Å². The molecule has 4 aromatic rings. The number of hydrogen-bond acceptors (Lipinski definition) is 5. The molecule has 1 aliphatic rings. The van der Waals surface area contributed by atoms with Gasteiger partial charge >= 0.3 is 0 Å². The van der Waals surface area contributed by atoms with Gasteiger partial charge in [-0.25, -0.2) is 11.0 Å². The first-order valence-electron chi connectivity index (χ1n) is 11.7. The van der Waals surface area contributed by atoms with Gasteiger partial charge in [-0.2, -0.15) is 5.10 Å². The minimum Gasteiger partial charge on any atom is -0.364 e. The van der Waals surface area contributed by atoms with Gasteiger partial charge in [0.25, 0.3) is 5.91 Å². The summed E-state index contributed by atoms with van der Waals surface area (Å²) < 4.78 is 1.99. The fraction of sp³-hybridized carbons (Fsp3) is 0.259. The van der Waals surface area contributed by atoms with Crippen molar-refractivity contribution in [1.29, 1.82) is 0 Å². The number of hydrazine groups is 1. The number of nitrogens with two attached hydrogens (primary N) is 3. The molecule has 1 aliphatic carbocycles. The zero-order valence-corrected chi connectivity index (χ0v) is 19.1. The quantitative estimate of drug-likeness (QED) is 0.234. The van der Waals surface area contributed by atoms with E-state index in [1.165, 1.54) is 0 Å². The largest absolute Gasteiger partial charge is 0.364 e. The average Bonchev–Trinajstić information content (AvgIpc) is 3.21. The van der Waals surface area contributed by atoms with E-state index in [1.54, 1.807) is 11.3 Å². The third-order valence-corrected chi connectivity index (χ3v) is 6.84. The number of benzene rings is 3. The Labute approximate surface area is 198 Å². The molecule has 0 unspecified atom stereocenters. The minimum absolute atomic E-state index is 0.205. The van der Waals surface area contributed by atoms with Gasteiger partial charge in [0, 0.05) is 23.5 Å². The number of primary amides is 1. The molecule has 0 aliphatic heterocycles. The van der Waals surface area contributed by atoms with E-state index < -0.39 is 5.91 Å². The van der Waals surface area contributed by atoms with Gasteiger partial charge in [0.15, 0.2) is 0 Å². The standard InChI is InChI=1S/C27H30N6O/c28-22-10-12-23(13-11-22)33(30)31-16-18-8-9-20-15-26(27(29)34)32(25(20)14-18)17-21-6-3-5-19-4-1-2-7-24(19)21/h1-9,14-16,22-23H,10-13,17,28,30H2,(H2,29,34)/b31-16+. The lowest BCUT2D eigenvalue weighted by Gasteiger charge is -2.30. The fourth-order valence-corrected chi connectivity index (χ4v) is 4.92. The molecule has 6 N–H and O–H groups in total. The van der Waals surface area contributed by atoms with Crippen molar-refractivity contribution >= 4 is 33.8 Å². The first-order valence-corrected chi connectivity index (χ1v) is 11.7. The highest BCUT2D eigenvalue weighted by molar-refractivity contribution is 5.99. The van der Waals surface area contributed by atoms with E-state index in [0.29, 0.717) is 12.2 Å². The Kier molecular flexibility index (Phi) is 6.04. The highest BCUT2D eigenvalue weighted by Crippen LogP contribution is 2.26. The number of carbonyl (C=O) groups is 1. The summed E-state index contributed by atoms with van der Waals surface area (Å²) in [6.07, 6.45) is 5.61. The van der Waals surface area contributed by atoms with Gasteiger partial charge < -0.3 is 16.0 Å². The first-order chi connectivity index (χ1) is 16.5. The fourth-order valence-electron chi connectivity index (χ4n) is 4.92. The van der Waals surface area contributed by atoms with Crippen LogP contribution in [0.25, 0.3) is 21.7 Å². The van der Waals surface area contributed by atoms with Crippen molar-refractivity contribution in [3.8, 4) is 0 Å². The molecule has 7 heteroatoms. The van der Waals surface area contributed by atoms with Crippen molar-refractivity contribution in [2.24, 2.45) is 22.4 Å². The molecule has 1 amide bonds. The van der Waals surface area contributed by atoms with Crippen LogP contribution in [0.3, 0.4) is 0 Å². The third kappa shape index (κ3) is 4.40. The Morgan fingerprint density at radius 2 is 1.76 bits per heavy atom. The number of aromatic nitrogens is 1. The minimum atomic E-state index is -0.449. The van der Waals surface area contributed by atoms with E-state index in [1.807, 2.05) is 47.0 Å². The molecule has 5 rings (SSSR count). The molecular weight excluding hydrogens is 424 g/mol. The first kappa shape index (κ1) is 22.1. The van der Waals surface area contributed by atoms with Crippen molar-refractivity contribution in [3.05, 3.63) is 83.6 Å². The molecule has 1 saturated carbocycles. The number of hydrogen-bond donors (Lipinski definition) is 3. The summed E-state index contributed by atoms with van der Waals surface area (Å²) in [6, 6.07) is 22.8. The van der Waals surface area contributed by atoms with E-state index in [-0.39, 0.29) is 12.1 Å². The van der Waals surface area contributed by atoms with Crippen LogP contribution in [0.4, 0.5) is 0 Å². The van der Waals surface area contributed by atoms with Gasteiger partial charge in [-0.3, -0.25) is 4.79 Å². The van der Waals surface area contributed by atoms with Crippen LogP contribution in [0, 0.1) is 0 Å². The summed E-state index contributed by atoms with van der Waals surface area (Å²) >= 11 is 0. The molecule has 174 valence electrons. The van der Waals surface area contributed by atoms with Crippen LogP contribution < -0.4 is 17.3 Å². The van der Waals surface area contributed by atoms with Crippen LogP contribution in [0.1, 0.15) is 47.3 Å². The lowest BCUT2D eigenvalue weighted by molar-refractivity contribution is 0.0992. The summed E-state index contributed by atoms with van der Waals surface area (Å²) in [5.74, 6) is 5.76. The lowest BCUT2D eigenvalue weighted by Crippen LogP contribution is -2.41. The summed E-state index contributed by atoms with van der Waals surface area (Å²) in [6.45, 7) is 0.537. The predicted molar refractivity (Wildman–Crippen MR) is 137 cm³/mol. The molecule has 0 saturated heterocycles. The zero-order chi connectivity index (χ0) is 23.7. The number of amides is 1. The maximum absolute atomic E-state index is 12.3. The second kappa shape index (κ2) is 9.29. The molecule has 7 nitrogen and oxygen atoms in total. The van der Waals surface area contributed by atoms with Gasteiger partial charge in [0.05, 0.1) is 12.3 Å². The second-order valence-electron chi connectivity index (χ2n) is 9.13. The molecule has 1 heterocycles. The van der Waals surface area contributed by atoms with Crippen molar-refractivity contribution in [2.75, 3.05) is 0 Å². The monoisotopic (exact) mass is 454 g/mol. The SMILES string of the molecule is NC(=O)c1cc2ccc(/C=N/N(N)C3CCC(N)CC3)cc2n1Cc1cccc2ccccc12. The Bertz CT molecular complexity index is 1360. The van der Waals surface area contributed by atoms with Crippen LogP contribution in [-0.2, 0) is 6.54 Å². The summed E-state index contributed by atoms with van der Waals surface area (Å²) in [4.78, 5) is 12.3. The summed E-state index contributed by atoms with van der Waals surface area (Å²) in [5.41, 5.74) is 15.2. The lowest BCUT2D eigenvalue weighted by atomic mass is 9.92. The van der Waals surface area contributed by atoms with E-state index in [2.05, 4.69) is 29.4 Å². The number of rotatable bonds is 6. The third-order valence-electron chi connectivity index (χ3n) is 6.84. The van der Waals surface area contributed by atoms with Gasteiger partial charge in [0.2, 0.25) is 0 Å². The van der Waals surface area contributed by atoms with Crippen LogP contribution >= 0.6 is 0 Å². The van der Waals surface area contributed by atoms with Gasteiger partial charge in [-0.05, 0) is 59.7 Å². The van der Waals surface area contributed by atoms with Crippen molar-refractivity contribution in [1.82, 2.24) is 9.69 Å². The smallest absolute Gasteiger partial charge is 0.265 e. The van der Waals surface area contributed by atoms with E-state index in [0.717, 1.165) is 58.5 Å². The van der Waals surface area contributed by atoms with Gasteiger partial charge in [-0.15, -0.1) is 0 Å². The van der Waals surface area contributed by atoms with E-state index in [9.17, 15) is 4.79 Å². The molecule has 3 aromatic carbocycles. The molecule has 0 atom stereocenters. The average molecular weight is 455 g/mol. The van der Waals surface area contributed by atoms with Crippen molar-refractivity contribution in [2.45, 2.75) is 44.3 Å². The van der Waals surface area contributed by atoms with E-state index >= 15 is 0 Å². The summed E-state index contributed by atoms with van der Waals surface area (Å²) in [7, 11) is 0. The topological polar surface area (TPSA) is 116 Å². The second-order valence-corrected chi connectivity index (χ2v) is 9.13. The van der Waals surface area contributed by atoms with Crippen molar-refractivity contribution in [3.63, 3.8) is 0 Å². The molecule has 0 spiro atoms. The number of fused-ring (bicyclic) bond motifs is 2. The molecule has 1 aromatic heterocycles. The molecule has 0 bridgehead atoms. The molecule has 1 fully saturated rings. The van der Waals surface area contributed by atoms with Crippen LogP contribution in [-0.4, -0.2) is 33.9 Å². The maximum Gasteiger partial charge on any atom is 0.265 e. The van der Waals surface area contributed by atoms with Crippen molar-refractivity contribution < 1.29 is 4.79 Å². The number of nitrogens with zero attached hydrogens (tertiary/aromatic N) is 3. The zero-order valence-electron chi connectivity index (χ0n) is 19.1. The predicted octanol–water partition coefficient (Wildman–Crippen LogP) is 3.72. The number of carbonyl (C=O) groups excluding carboxylic acids is 1. The molecule has 34 heavy (non-hydrogen) atoms. The maximum atomic E-state index is 12.3.